The molecule has 0 radical (unpaired) electrons. The fourth-order valence-electron chi connectivity index (χ4n) is 4.20. The molecule has 1 aromatic carbocycles. The summed E-state index contributed by atoms with van der Waals surface area (Å²) in [5.74, 6) is 0.826. The molecule has 1 fully saturated rings. The van der Waals surface area contributed by atoms with Crippen LogP contribution in [0.3, 0.4) is 0 Å². The molecule has 2 aliphatic heterocycles. The van der Waals surface area contributed by atoms with Gasteiger partial charge >= 0.3 is 0 Å². The monoisotopic (exact) mass is 391 g/mol. The molecule has 0 atom stereocenters. The van der Waals surface area contributed by atoms with Gasteiger partial charge in [0.25, 0.3) is 0 Å². The molecule has 1 N–H and O–H groups in total. The summed E-state index contributed by atoms with van der Waals surface area (Å²) in [4.78, 5) is 16.9. The predicted molar refractivity (Wildman–Crippen MR) is 112 cm³/mol. The highest BCUT2D eigenvalue weighted by Crippen LogP contribution is 2.32. The van der Waals surface area contributed by atoms with E-state index in [0.717, 1.165) is 60.3 Å². The van der Waals surface area contributed by atoms with E-state index in [0.29, 0.717) is 25.1 Å². The Morgan fingerprint density at radius 1 is 1.17 bits per heavy atom. The van der Waals surface area contributed by atoms with Crippen LogP contribution in [0.2, 0.25) is 0 Å². The van der Waals surface area contributed by atoms with Gasteiger partial charge in [-0.25, -0.2) is 15.0 Å². The molecule has 0 spiro atoms. The van der Waals surface area contributed by atoms with Gasteiger partial charge in [0.05, 0.1) is 25.2 Å². The SMILES string of the molecule is CN1CCC(n2cnc3c(C4=CCOCC4)nc(-c4cccc(O)c4)nc32)CC1. The van der Waals surface area contributed by atoms with Crippen LogP contribution in [0.25, 0.3) is 28.1 Å². The number of phenolic OH excluding ortho intramolecular Hbond substituents is 1. The summed E-state index contributed by atoms with van der Waals surface area (Å²) in [6, 6.07) is 7.51. The average molecular weight is 391 g/mol. The van der Waals surface area contributed by atoms with Crippen LogP contribution in [-0.2, 0) is 4.74 Å². The van der Waals surface area contributed by atoms with Crippen LogP contribution < -0.4 is 0 Å². The second-order valence-corrected chi connectivity index (χ2v) is 7.86. The summed E-state index contributed by atoms with van der Waals surface area (Å²) < 4.78 is 7.71. The maximum atomic E-state index is 9.94. The molecule has 1 saturated heterocycles. The lowest BCUT2D eigenvalue weighted by molar-refractivity contribution is 0.161. The first-order chi connectivity index (χ1) is 14.2. The molecular formula is C22H25N5O2. The van der Waals surface area contributed by atoms with E-state index < -0.39 is 0 Å². The first kappa shape index (κ1) is 18.3. The second-order valence-electron chi connectivity index (χ2n) is 7.86. The highest BCUT2D eigenvalue weighted by molar-refractivity contribution is 5.87. The van der Waals surface area contributed by atoms with Gasteiger partial charge in [0, 0.05) is 11.6 Å². The van der Waals surface area contributed by atoms with Crippen molar-refractivity contribution in [2.24, 2.45) is 0 Å². The fourth-order valence-corrected chi connectivity index (χ4v) is 4.20. The van der Waals surface area contributed by atoms with Gasteiger partial charge in [-0.05, 0) is 57.1 Å². The smallest absolute Gasteiger partial charge is 0.164 e. The lowest BCUT2D eigenvalue weighted by Gasteiger charge is -2.29. The molecule has 4 heterocycles. The highest BCUT2D eigenvalue weighted by atomic mass is 16.5. The van der Waals surface area contributed by atoms with E-state index in [9.17, 15) is 5.11 Å². The minimum atomic E-state index is 0.210. The first-order valence-electron chi connectivity index (χ1n) is 10.2. The number of benzene rings is 1. The second kappa shape index (κ2) is 7.57. The van der Waals surface area contributed by atoms with Crippen molar-refractivity contribution in [3.63, 3.8) is 0 Å². The third-order valence-corrected chi connectivity index (χ3v) is 5.87. The summed E-state index contributed by atoms with van der Waals surface area (Å²) in [7, 11) is 2.17. The van der Waals surface area contributed by atoms with E-state index in [-0.39, 0.29) is 5.75 Å². The molecule has 2 aliphatic rings. The number of rotatable bonds is 3. The van der Waals surface area contributed by atoms with Gasteiger partial charge < -0.3 is 19.3 Å². The molecule has 5 rings (SSSR count). The first-order valence-corrected chi connectivity index (χ1v) is 10.2. The zero-order valence-corrected chi connectivity index (χ0v) is 16.6. The minimum absolute atomic E-state index is 0.210. The zero-order valence-electron chi connectivity index (χ0n) is 16.6. The van der Waals surface area contributed by atoms with Crippen molar-refractivity contribution in [1.29, 1.82) is 0 Å². The van der Waals surface area contributed by atoms with E-state index in [1.807, 2.05) is 18.5 Å². The molecule has 2 aromatic heterocycles. The molecule has 7 nitrogen and oxygen atoms in total. The Bertz CT molecular complexity index is 1070. The molecule has 0 unspecified atom stereocenters. The number of nitrogens with zero attached hydrogens (tertiary/aromatic N) is 5. The maximum absolute atomic E-state index is 9.94. The van der Waals surface area contributed by atoms with Gasteiger partial charge in [0.2, 0.25) is 0 Å². The van der Waals surface area contributed by atoms with E-state index in [1.165, 1.54) is 0 Å². The van der Waals surface area contributed by atoms with Crippen LogP contribution >= 0.6 is 0 Å². The average Bonchev–Trinajstić information content (AvgIpc) is 3.18. The Balaban J connectivity index is 1.67. The summed E-state index contributed by atoms with van der Waals surface area (Å²) >= 11 is 0. The third kappa shape index (κ3) is 3.52. The van der Waals surface area contributed by atoms with Gasteiger partial charge in [-0.15, -0.1) is 0 Å². The van der Waals surface area contributed by atoms with Crippen LogP contribution in [0.15, 0.2) is 36.7 Å². The molecule has 7 heteroatoms. The normalized spacial score (nSPS) is 18.9. The number of piperidine rings is 1. The molecule has 0 aliphatic carbocycles. The molecule has 0 amide bonds. The van der Waals surface area contributed by atoms with Gasteiger partial charge in [0.1, 0.15) is 11.3 Å². The summed E-state index contributed by atoms with van der Waals surface area (Å²) in [6.07, 6.45) is 6.99. The van der Waals surface area contributed by atoms with Crippen molar-refractivity contribution >= 4 is 16.7 Å². The molecule has 29 heavy (non-hydrogen) atoms. The van der Waals surface area contributed by atoms with Gasteiger partial charge in [0.15, 0.2) is 11.5 Å². The number of phenols is 1. The van der Waals surface area contributed by atoms with Crippen molar-refractivity contribution in [3.05, 3.63) is 42.4 Å². The number of fused-ring (bicyclic) bond motifs is 1. The van der Waals surface area contributed by atoms with Crippen LogP contribution in [-0.4, -0.2) is 62.9 Å². The topological polar surface area (TPSA) is 76.3 Å². The molecule has 3 aromatic rings. The van der Waals surface area contributed by atoms with Gasteiger partial charge in [-0.1, -0.05) is 18.2 Å². The quantitative estimate of drug-likeness (QED) is 0.738. The van der Waals surface area contributed by atoms with Crippen molar-refractivity contribution < 1.29 is 9.84 Å². The van der Waals surface area contributed by atoms with Crippen LogP contribution in [0.5, 0.6) is 5.75 Å². The zero-order chi connectivity index (χ0) is 19.8. The van der Waals surface area contributed by atoms with Gasteiger partial charge in [-0.2, -0.15) is 0 Å². The van der Waals surface area contributed by atoms with Crippen molar-refractivity contribution in [1.82, 2.24) is 24.4 Å². The Kier molecular flexibility index (Phi) is 4.77. The van der Waals surface area contributed by atoms with Crippen LogP contribution in [0, 0.1) is 0 Å². The number of hydrogen-bond acceptors (Lipinski definition) is 6. The molecule has 150 valence electrons. The standard InChI is InChI=1S/C22H25N5O2/c1-26-9-5-17(6-10-26)27-14-23-20-19(15-7-11-29-12-8-15)24-21(25-22(20)27)16-3-2-4-18(28)13-16/h2-4,7,13-14,17,28H,5-6,8-12H2,1H3. The Morgan fingerprint density at radius 3 is 2.79 bits per heavy atom. The largest absolute Gasteiger partial charge is 0.508 e. The molecular weight excluding hydrogens is 366 g/mol. The summed E-state index contributed by atoms with van der Waals surface area (Å²) in [5.41, 5.74) is 4.55. The summed E-state index contributed by atoms with van der Waals surface area (Å²) in [5, 5.41) is 9.94. The number of likely N-dealkylation sites (tertiary alicyclic amines) is 1. The van der Waals surface area contributed by atoms with E-state index >= 15 is 0 Å². The number of ether oxygens (including phenoxy) is 1. The van der Waals surface area contributed by atoms with Crippen LogP contribution in [0.1, 0.15) is 31.0 Å². The Labute approximate surface area is 169 Å². The minimum Gasteiger partial charge on any atom is -0.508 e. The molecule has 0 saturated carbocycles. The Hall–Kier alpha value is -2.77. The summed E-state index contributed by atoms with van der Waals surface area (Å²) in [6.45, 7) is 3.43. The highest BCUT2D eigenvalue weighted by Gasteiger charge is 2.24. The number of hydrogen-bond donors (Lipinski definition) is 1. The molecule has 0 bridgehead atoms. The van der Waals surface area contributed by atoms with Crippen molar-refractivity contribution in [2.45, 2.75) is 25.3 Å². The third-order valence-electron chi connectivity index (χ3n) is 5.87. The fraction of sp³-hybridized carbons (Fsp3) is 0.409. The van der Waals surface area contributed by atoms with Crippen LogP contribution in [0.4, 0.5) is 0 Å². The van der Waals surface area contributed by atoms with E-state index in [4.69, 9.17) is 19.7 Å². The van der Waals surface area contributed by atoms with E-state index in [2.05, 4.69) is 22.6 Å². The Morgan fingerprint density at radius 2 is 2.03 bits per heavy atom. The lowest BCUT2D eigenvalue weighted by Crippen LogP contribution is -2.31. The predicted octanol–water partition coefficient (Wildman–Crippen LogP) is 3.27. The maximum Gasteiger partial charge on any atom is 0.164 e. The van der Waals surface area contributed by atoms with E-state index in [1.54, 1.807) is 12.1 Å². The number of imidazole rings is 1. The van der Waals surface area contributed by atoms with Crippen molar-refractivity contribution in [3.8, 4) is 17.1 Å². The number of aromatic hydroxyl groups is 1. The van der Waals surface area contributed by atoms with Crippen molar-refractivity contribution in [2.75, 3.05) is 33.4 Å². The lowest BCUT2D eigenvalue weighted by atomic mass is 10.0. The van der Waals surface area contributed by atoms with Gasteiger partial charge in [-0.3, -0.25) is 0 Å². The number of aromatic nitrogens is 4.